The highest BCUT2D eigenvalue weighted by molar-refractivity contribution is 6.31. The van der Waals surface area contributed by atoms with Crippen molar-refractivity contribution in [3.05, 3.63) is 58.1 Å². The van der Waals surface area contributed by atoms with Crippen molar-refractivity contribution in [2.75, 3.05) is 11.5 Å². The van der Waals surface area contributed by atoms with E-state index < -0.39 is 0 Å². The van der Waals surface area contributed by atoms with Crippen molar-refractivity contribution in [2.24, 2.45) is 0 Å². The molecule has 1 aliphatic carbocycles. The van der Waals surface area contributed by atoms with Crippen molar-refractivity contribution in [3.8, 4) is 0 Å². The molecule has 2 aromatic rings. The third kappa shape index (κ3) is 1.47. The highest BCUT2D eigenvalue weighted by Crippen LogP contribution is 2.36. The molecule has 20 heavy (non-hydrogen) atoms. The van der Waals surface area contributed by atoms with E-state index >= 15 is 0 Å². The molecule has 3 rings (SSSR count). The summed E-state index contributed by atoms with van der Waals surface area (Å²) in [5.41, 5.74) is 13.2. The Hall–Kier alpha value is -2.66. The number of ketones is 2. The Morgan fingerprint density at radius 1 is 0.950 bits per heavy atom. The van der Waals surface area contributed by atoms with Gasteiger partial charge < -0.3 is 16.6 Å². The van der Waals surface area contributed by atoms with Gasteiger partial charge in [-0.1, -0.05) is 24.3 Å². The molecule has 0 spiro atoms. The zero-order valence-corrected chi connectivity index (χ0v) is 10.5. The van der Waals surface area contributed by atoms with Gasteiger partial charge in [0, 0.05) is 28.1 Å². The van der Waals surface area contributed by atoms with E-state index in [1.807, 2.05) is 0 Å². The van der Waals surface area contributed by atoms with Gasteiger partial charge >= 0.3 is 0 Å². The first kappa shape index (κ1) is 12.4. The number of anilines is 2. The third-order valence-corrected chi connectivity index (χ3v) is 3.52. The summed E-state index contributed by atoms with van der Waals surface area (Å²) in [6.45, 7) is -0.341. The van der Waals surface area contributed by atoms with Crippen molar-refractivity contribution >= 4 is 22.9 Å². The minimum atomic E-state index is -0.341. The van der Waals surface area contributed by atoms with Crippen LogP contribution in [0.15, 0.2) is 30.3 Å². The molecule has 100 valence electrons. The van der Waals surface area contributed by atoms with Crippen molar-refractivity contribution < 1.29 is 14.7 Å². The normalized spacial score (nSPS) is 13.1. The van der Waals surface area contributed by atoms with Crippen molar-refractivity contribution in [1.82, 2.24) is 0 Å². The standard InChI is InChI=1S/C15H12N2O3/c16-10-5-7(6-18)13(17)12-11(10)14(19)8-3-1-2-4-9(8)15(12)20/h1-5,18H,6,16-17H2. The predicted octanol–water partition coefficient (Wildman–Crippen LogP) is 1.12. The summed E-state index contributed by atoms with van der Waals surface area (Å²) in [7, 11) is 0. The second-order valence-corrected chi connectivity index (χ2v) is 4.65. The summed E-state index contributed by atoms with van der Waals surface area (Å²) in [5.74, 6) is -0.654. The first-order valence-electron chi connectivity index (χ1n) is 6.06. The molecule has 1 aliphatic rings. The first-order valence-corrected chi connectivity index (χ1v) is 6.06. The molecule has 0 fully saturated rings. The second-order valence-electron chi connectivity index (χ2n) is 4.65. The molecule has 2 aromatic carbocycles. The number of aliphatic hydroxyl groups excluding tert-OH is 1. The van der Waals surface area contributed by atoms with Gasteiger partial charge in [-0.15, -0.1) is 0 Å². The van der Waals surface area contributed by atoms with E-state index in [0.29, 0.717) is 16.7 Å². The number of hydrogen-bond acceptors (Lipinski definition) is 5. The maximum absolute atomic E-state index is 12.5. The Kier molecular flexibility index (Phi) is 2.59. The molecule has 0 aliphatic heterocycles. The highest BCUT2D eigenvalue weighted by Gasteiger charge is 2.33. The van der Waals surface area contributed by atoms with Gasteiger partial charge in [-0.3, -0.25) is 9.59 Å². The molecule has 0 saturated heterocycles. The topological polar surface area (TPSA) is 106 Å². The number of nitrogen functional groups attached to an aromatic ring is 2. The molecule has 5 nitrogen and oxygen atoms in total. The highest BCUT2D eigenvalue weighted by atomic mass is 16.3. The predicted molar refractivity (Wildman–Crippen MR) is 74.5 cm³/mol. The number of aliphatic hydroxyl groups is 1. The average molecular weight is 268 g/mol. The van der Waals surface area contributed by atoms with E-state index in [1.165, 1.54) is 6.07 Å². The molecule has 0 unspecified atom stereocenters. The minimum Gasteiger partial charge on any atom is -0.398 e. The zero-order valence-electron chi connectivity index (χ0n) is 10.5. The van der Waals surface area contributed by atoms with Crippen LogP contribution in [0.25, 0.3) is 0 Å². The number of benzene rings is 2. The lowest BCUT2D eigenvalue weighted by Crippen LogP contribution is -2.24. The molecule has 0 heterocycles. The van der Waals surface area contributed by atoms with Crippen LogP contribution in [0.5, 0.6) is 0 Å². The summed E-state index contributed by atoms with van der Waals surface area (Å²) >= 11 is 0. The van der Waals surface area contributed by atoms with E-state index in [9.17, 15) is 14.7 Å². The van der Waals surface area contributed by atoms with Gasteiger partial charge in [-0.05, 0) is 6.07 Å². The number of nitrogens with two attached hydrogens (primary N) is 2. The van der Waals surface area contributed by atoms with Crippen LogP contribution >= 0.6 is 0 Å². The molecule has 5 N–H and O–H groups in total. The first-order chi connectivity index (χ1) is 9.56. The fourth-order valence-corrected chi connectivity index (χ4v) is 2.54. The monoisotopic (exact) mass is 268 g/mol. The summed E-state index contributed by atoms with van der Waals surface area (Å²) in [4.78, 5) is 25.0. The Labute approximate surface area is 114 Å². The molecule has 0 radical (unpaired) electrons. The van der Waals surface area contributed by atoms with Gasteiger partial charge in [0.15, 0.2) is 11.6 Å². The van der Waals surface area contributed by atoms with Crippen molar-refractivity contribution in [1.29, 1.82) is 0 Å². The van der Waals surface area contributed by atoms with Crippen LogP contribution < -0.4 is 11.5 Å². The van der Waals surface area contributed by atoms with Crippen LogP contribution in [-0.2, 0) is 6.61 Å². The van der Waals surface area contributed by atoms with Gasteiger partial charge in [0.1, 0.15) is 0 Å². The lowest BCUT2D eigenvalue weighted by Gasteiger charge is -2.21. The smallest absolute Gasteiger partial charge is 0.196 e. The van der Waals surface area contributed by atoms with Gasteiger partial charge in [-0.2, -0.15) is 0 Å². The summed E-state index contributed by atoms with van der Waals surface area (Å²) in [6, 6.07) is 7.99. The van der Waals surface area contributed by atoms with Gasteiger partial charge in [0.2, 0.25) is 0 Å². The Bertz CT molecular complexity index is 766. The molecule has 0 bridgehead atoms. The summed E-state index contributed by atoms with van der Waals surface area (Å²) < 4.78 is 0. The molecular formula is C15H12N2O3. The number of fused-ring (bicyclic) bond motifs is 2. The number of carbonyl (C=O) groups excluding carboxylic acids is 2. The van der Waals surface area contributed by atoms with Gasteiger partial charge in [0.25, 0.3) is 0 Å². The van der Waals surface area contributed by atoms with E-state index in [4.69, 9.17) is 11.5 Å². The zero-order chi connectivity index (χ0) is 14.4. The number of rotatable bonds is 1. The maximum atomic E-state index is 12.5. The average Bonchev–Trinajstić information content (AvgIpc) is 2.46. The maximum Gasteiger partial charge on any atom is 0.196 e. The largest absolute Gasteiger partial charge is 0.398 e. The fraction of sp³-hybridized carbons (Fsp3) is 0.0667. The third-order valence-electron chi connectivity index (χ3n) is 3.52. The molecular weight excluding hydrogens is 256 g/mol. The van der Waals surface area contributed by atoms with Gasteiger partial charge in [0.05, 0.1) is 17.7 Å². The lowest BCUT2D eigenvalue weighted by atomic mass is 9.81. The quantitative estimate of drug-likeness (QED) is 0.573. The van der Waals surface area contributed by atoms with E-state index in [2.05, 4.69) is 0 Å². The fourth-order valence-electron chi connectivity index (χ4n) is 2.54. The van der Waals surface area contributed by atoms with E-state index in [0.717, 1.165) is 0 Å². The minimum absolute atomic E-state index is 0.0951. The van der Waals surface area contributed by atoms with Crippen LogP contribution in [0.4, 0.5) is 11.4 Å². The number of hydrogen-bond donors (Lipinski definition) is 3. The molecule has 0 atom stereocenters. The molecule has 0 amide bonds. The Balaban J connectivity index is 2.39. The van der Waals surface area contributed by atoms with Crippen molar-refractivity contribution in [2.45, 2.75) is 6.61 Å². The summed E-state index contributed by atoms with van der Waals surface area (Å²) in [5, 5.41) is 9.26. The SMILES string of the molecule is Nc1cc(CO)c(N)c2c1C(=O)c1ccccc1C2=O. The van der Waals surface area contributed by atoms with Crippen molar-refractivity contribution in [3.63, 3.8) is 0 Å². The molecule has 0 aromatic heterocycles. The van der Waals surface area contributed by atoms with E-state index in [-0.39, 0.29) is 40.7 Å². The Morgan fingerprint density at radius 2 is 1.50 bits per heavy atom. The van der Waals surface area contributed by atoms with E-state index in [1.54, 1.807) is 24.3 Å². The molecule has 5 heteroatoms. The van der Waals surface area contributed by atoms with Crippen LogP contribution in [-0.4, -0.2) is 16.7 Å². The van der Waals surface area contributed by atoms with Crippen LogP contribution in [0.3, 0.4) is 0 Å². The molecule has 0 saturated carbocycles. The lowest BCUT2D eigenvalue weighted by molar-refractivity contribution is 0.0980. The van der Waals surface area contributed by atoms with Gasteiger partial charge in [-0.25, -0.2) is 0 Å². The summed E-state index contributed by atoms with van der Waals surface area (Å²) in [6.07, 6.45) is 0. The Morgan fingerprint density at radius 3 is 2.05 bits per heavy atom. The second kappa shape index (κ2) is 4.18. The van der Waals surface area contributed by atoms with Crippen LogP contribution in [0, 0.1) is 0 Å². The van der Waals surface area contributed by atoms with Crippen LogP contribution in [0.1, 0.15) is 37.4 Å². The van der Waals surface area contributed by atoms with Crippen LogP contribution in [0.2, 0.25) is 0 Å². The number of carbonyl (C=O) groups is 2.